The quantitative estimate of drug-likeness (QED) is 0.597. The fourth-order valence-electron chi connectivity index (χ4n) is 4.60. The van der Waals surface area contributed by atoms with Gasteiger partial charge in [0.15, 0.2) is 0 Å². The lowest BCUT2D eigenvalue weighted by atomic mass is 9.88. The fraction of sp³-hybridized carbons (Fsp3) is 0.667. The molecular weight excluding hydrogens is 442 g/mol. The van der Waals surface area contributed by atoms with Gasteiger partial charge < -0.3 is 15.4 Å². The van der Waals surface area contributed by atoms with Crippen molar-refractivity contribution in [3.63, 3.8) is 0 Å². The Kier molecular flexibility index (Phi) is 8.75. The largest absolute Gasteiger partial charge is 0.497 e. The van der Waals surface area contributed by atoms with Gasteiger partial charge in [-0.2, -0.15) is 4.31 Å². The van der Waals surface area contributed by atoms with Crippen molar-refractivity contribution in [1.29, 1.82) is 0 Å². The molecule has 0 aromatic heterocycles. The third-order valence-electron chi connectivity index (χ3n) is 6.72. The number of benzene rings is 1. The van der Waals surface area contributed by atoms with Crippen LogP contribution in [0.1, 0.15) is 58.8 Å². The Morgan fingerprint density at radius 1 is 1.00 bits per heavy atom. The van der Waals surface area contributed by atoms with Crippen LogP contribution in [0.3, 0.4) is 0 Å². The zero-order valence-corrected chi connectivity index (χ0v) is 20.7. The van der Waals surface area contributed by atoms with Gasteiger partial charge in [0.25, 0.3) is 0 Å². The van der Waals surface area contributed by atoms with Crippen molar-refractivity contribution in [3.05, 3.63) is 24.3 Å². The summed E-state index contributed by atoms with van der Waals surface area (Å²) in [5, 5.41) is 6.02. The number of carbonyl (C=O) groups excluding carboxylic acids is 2. The first-order valence-electron chi connectivity index (χ1n) is 12.0. The van der Waals surface area contributed by atoms with Gasteiger partial charge in [0.2, 0.25) is 21.8 Å². The molecule has 1 atom stereocenters. The van der Waals surface area contributed by atoms with E-state index in [0.29, 0.717) is 31.7 Å². The van der Waals surface area contributed by atoms with E-state index in [1.807, 2.05) is 13.8 Å². The number of piperidine rings is 1. The second-order valence-corrected chi connectivity index (χ2v) is 11.4. The van der Waals surface area contributed by atoms with Crippen molar-refractivity contribution in [3.8, 4) is 5.75 Å². The summed E-state index contributed by atoms with van der Waals surface area (Å²) in [6, 6.07) is 5.66. The SMILES string of the molecule is COc1ccc(S(=O)(=O)N2CCC(NC(=O)C(NC(=O)C3CCCCC3)C(C)C)CC2)cc1. The van der Waals surface area contributed by atoms with Gasteiger partial charge in [0.05, 0.1) is 12.0 Å². The zero-order chi connectivity index (χ0) is 24.0. The van der Waals surface area contributed by atoms with Crippen molar-refractivity contribution in [2.75, 3.05) is 20.2 Å². The summed E-state index contributed by atoms with van der Waals surface area (Å²) in [6.07, 6.45) is 6.14. The number of carbonyl (C=O) groups is 2. The summed E-state index contributed by atoms with van der Waals surface area (Å²) in [7, 11) is -2.05. The van der Waals surface area contributed by atoms with Crippen LogP contribution in [-0.2, 0) is 19.6 Å². The molecule has 1 saturated carbocycles. The van der Waals surface area contributed by atoms with E-state index in [-0.39, 0.29) is 34.6 Å². The number of rotatable bonds is 8. The summed E-state index contributed by atoms with van der Waals surface area (Å²) in [5.41, 5.74) is 0. The highest BCUT2D eigenvalue weighted by Gasteiger charge is 2.33. The van der Waals surface area contributed by atoms with E-state index in [9.17, 15) is 18.0 Å². The Hall–Kier alpha value is -2.13. The van der Waals surface area contributed by atoms with E-state index in [0.717, 1.165) is 25.7 Å². The third kappa shape index (κ3) is 6.47. The van der Waals surface area contributed by atoms with Crippen molar-refractivity contribution >= 4 is 21.8 Å². The first kappa shape index (κ1) is 25.5. The lowest BCUT2D eigenvalue weighted by molar-refractivity contribution is -0.133. The number of amides is 2. The summed E-state index contributed by atoms with van der Waals surface area (Å²) in [4.78, 5) is 25.9. The first-order chi connectivity index (χ1) is 15.7. The van der Waals surface area contributed by atoms with Gasteiger partial charge in [-0.3, -0.25) is 9.59 Å². The van der Waals surface area contributed by atoms with Crippen molar-refractivity contribution in [1.82, 2.24) is 14.9 Å². The molecule has 0 radical (unpaired) electrons. The minimum atomic E-state index is -3.59. The van der Waals surface area contributed by atoms with E-state index in [2.05, 4.69) is 10.6 Å². The summed E-state index contributed by atoms with van der Waals surface area (Å²) >= 11 is 0. The summed E-state index contributed by atoms with van der Waals surface area (Å²) in [6.45, 7) is 4.52. The molecule has 3 rings (SSSR count). The molecule has 1 aliphatic heterocycles. The minimum Gasteiger partial charge on any atom is -0.497 e. The Balaban J connectivity index is 1.54. The monoisotopic (exact) mass is 479 g/mol. The van der Waals surface area contributed by atoms with Gasteiger partial charge in [0.1, 0.15) is 11.8 Å². The highest BCUT2D eigenvalue weighted by atomic mass is 32.2. The van der Waals surface area contributed by atoms with E-state index in [4.69, 9.17) is 4.74 Å². The number of nitrogens with one attached hydrogen (secondary N) is 2. The smallest absolute Gasteiger partial charge is 0.243 e. The Morgan fingerprint density at radius 3 is 2.15 bits per heavy atom. The van der Waals surface area contributed by atoms with Crippen LogP contribution in [0.25, 0.3) is 0 Å². The maximum Gasteiger partial charge on any atom is 0.243 e. The highest BCUT2D eigenvalue weighted by Crippen LogP contribution is 2.25. The van der Waals surface area contributed by atoms with Gasteiger partial charge in [-0.05, 0) is 55.9 Å². The second kappa shape index (κ2) is 11.3. The van der Waals surface area contributed by atoms with Crippen LogP contribution in [-0.4, -0.2) is 56.8 Å². The van der Waals surface area contributed by atoms with Crippen molar-refractivity contribution in [2.45, 2.75) is 75.8 Å². The molecule has 1 aromatic rings. The van der Waals surface area contributed by atoms with Crippen LogP contribution in [0.5, 0.6) is 5.75 Å². The number of hydrogen-bond acceptors (Lipinski definition) is 5. The third-order valence-corrected chi connectivity index (χ3v) is 8.63. The normalized spacial score (nSPS) is 19.8. The zero-order valence-electron chi connectivity index (χ0n) is 19.9. The van der Waals surface area contributed by atoms with Crippen LogP contribution in [0, 0.1) is 11.8 Å². The number of hydrogen-bond donors (Lipinski definition) is 2. The van der Waals surface area contributed by atoms with Gasteiger partial charge in [0, 0.05) is 25.0 Å². The molecule has 2 amide bonds. The molecule has 2 N–H and O–H groups in total. The van der Waals surface area contributed by atoms with E-state index in [1.54, 1.807) is 24.3 Å². The van der Waals surface area contributed by atoms with Crippen LogP contribution in [0.15, 0.2) is 29.2 Å². The standard InChI is InChI=1S/C24H37N3O5S/c1-17(2)22(26-23(28)18-7-5-4-6-8-18)24(29)25-19-13-15-27(16-14-19)33(30,31)21-11-9-20(32-3)10-12-21/h9-12,17-19,22H,4-8,13-16H2,1-3H3,(H,25,29)(H,26,28). The van der Waals surface area contributed by atoms with E-state index < -0.39 is 16.1 Å². The van der Waals surface area contributed by atoms with Gasteiger partial charge in [-0.15, -0.1) is 0 Å². The maximum atomic E-state index is 13.0. The van der Waals surface area contributed by atoms with Gasteiger partial charge in [-0.25, -0.2) is 8.42 Å². The predicted octanol–water partition coefficient (Wildman–Crippen LogP) is 2.69. The van der Waals surface area contributed by atoms with Crippen molar-refractivity contribution in [2.24, 2.45) is 11.8 Å². The first-order valence-corrected chi connectivity index (χ1v) is 13.4. The number of nitrogens with zero attached hydrogens (tertiary/aromatic N) is 1. The molecular formula is C24H37N3O5S. The molecule has 2 aliphatic rings. The molecule has 184 valence electrons. The lowest BCUT2D eigenvalue weighted by Gasteiger charge is -2.33. The number of ether oxygens (including phenoxy) is 1. The van der Waals surface area contributed by atoms with E-state index >= 15 is 0 Å². The molecule has 1 heterocycles. The lowest BCUT2D eigenvalue weighted by Crippen LogP contribution is -2.55. The maximum absolute atomic E-state index is 13.0. The van der Waals surface area contributed by atoms with Crippen LogP contribution in [0.2, 0.25) is 0 Å². The molecule has 2 fully saturated rings. The Bertz CT molecular complexity index is 903. The molecule has 9 heteroatoms. The van der Waals surface area contributed by atoms with E-state index in [1.165, 1.54) is 17.8 Å². The van der Waals surface area contributed by atoms with Crippen LogP contribution in [0.4, 0.5) is 0 Å². The molecule has 1 aromatic carbocycles. The molecule has 8 nitrogen and oxygen atoms in total. The Morgan fingerprint density at radius 2 is 1.61 bits per heavy atom. The molecule has 1 saturated heterocycles. The van der Waals surface area contributed by atoms with Crippen LogP contribution >= 0.6 is 0 Å². The number of methoxy groups -OCH3 is 1. The summed E-state index contributed by atoms with van der Waals surface area (Å²) < 4.78 is 32.4. The molecule has 1 unspecified atom stereocenters. The summed E-state index contributed by atoms with van der Waals surface area (Å²) in [5.74, 6) is 0.354. The van der Waals surface area contributed by atoms with Crippen LogP contribution < -0.4 is 15.4 Å². The Labute approximate surface area is 197 Å². The average molecular weight is 480 g/mol. The predicted molar refractivity (Wildman–Crippen MR) is 126 cm³/mol. The second-order valence-electron chi connectivity index (χ2n) is 9.43. The van der Waals surface area contributed by atoms with Crippen molar-refractivity contribution < 1.29 is 22.7 Å². The van der Waals surface area contributed by atoms with Gasteiger partial charge in [-0.1, -0.05) is 33.1 Å². The highest BCUT2D eigenvalue weighted by molar-refractivity contribution is 7.89. The topological polar surface area (TPSA) is 105 Å². The molecule has 0 spiro atoms. The minimum absolute atomic E-state index is 0.000741. The number of sulfonamides is 1. The fourth-order valence-corrected chi connectivity index (χ4v) is 6.07. The molecule has 1 aliphatic carbocycles. The molecule has 33 heavy (non-hydrogen) atoms. The molecule has 0 bridgehead atoms. The van der Waals surface area contributed by atoms with Gasteiger partial charge >= 0.3 is 0 Å². The average Bonchev–Trinajstić information content (AvgIpc) is 2.83.